The Morgan fingerprint density at radius 2 is 1.55 bits per heavy atom. The predicted molar refractivity (Wildman–Crippen MR) is 70.5 cm³/mol. The molecule has 10 heteroatoms. The van der Waals surface area contributed by atoms with Crippen LogP contribution in [0.4, 0.5) is 5.69 Å². The number of carboxylic acids is 1. The summed E-state index contributed by atoms with van der Waals surface area (Å²) in [5, 5.41) is 55.3. The maximum absolute atomic E-state index is 10.3. The van der Waals surface area contributed by atoms with Crippen LogP contribution in [0.1, 0.15) is 10.4 Å². The van der Waals surface area contributed by atoms with Crippen LogP contribution in [0.5, 0.6) is 17.2 Å². The van der Waals surface area contributed by atoms with E-state index in [0.717, 1.165) is 36.7 Å². The molecule has 1 heterocycles. The Morgan fingerprint density at radius 3 is 1.91 bits per heavy atom. The molecule has 10 nitrogen and oxygen atoms in total. The summed E-state index contributed by atoms with van der Waals surface area (Å²) in [4.78, 5) is 19.8. The van der Waals surface area contributed by atoms with Crippen LogP contribution in [0.25, 0.3) is 0 Å². The van der Waals surface area contributed by atoms with Gasteiger partial charge in [0.15, 0.2) is 29.6 Å². The lowest BCUT2D eigenvalue weighted by atomic mass is 10.2. The summed E-state index contributed by atoms with van der Waals surface area (Å²) in [5.41, 5.74) is -0.366. The third-order valence-electron chi connectivity index (χ3n) is 2.31. The van der Waals surface area contributed by atoms with Gasteiger partial charge in [0.1, 0.15) is 0 Å². The van der Waals surface area contributed by atoms with Crippen molar-refractivity contribution in [3.8, 4) is 17.2 Å². The van der Waals surface area contributed by atoms with E-state index in [1.165, 1.54) is 0 Å². The third-order valence-corrected chi connectivity index (χ3v) is 2.31. The van der Waals surface area contributed by atoms with Crippen LogP contribution in [0.15, 0.2) is 36.7 Å². The Kier molecular flexibility index (Phi) is 5.06. The van der Waals surface area contributed by atoms with Crippen LogP contribution in [0.3, 0.4) is 0 Å². The summed E-state index contributed by atoms with van der Waals surface area (Å²) in [6.07, 6.45) is 2.16. The number of aromatic carboxylic acids is 1. The molecule has 1 aromatic carbocycles. The summed E-state index contributed by atoms with van der Waals surface area (Å²) in [5.74, 6) is -3.33. The van der Waals surface area contributed by atoms with Gasteiger partial charge in [-0.1, -0.05) is 0 Å². The van der Waals surface area contributed by atoms with Crippen molar-refractivity contribution in [1.82, 2.24) is 0 Å². The molecule has 0 aliphatic rings. The Bertz CT molecular complexity index is 676. The number of phenols is 3. The van der Waals surface area contributed by atoms with Gasteiger partial charge in [-0.25, -0.2) is 4.79 Å². The summed E-state index contributed by atoms with van der Waals surface area (Å²) in [6.45, 7) is 0. The highest BCUT2D eigenvalue weighted by Gasteiger charge is 2.11. The Balaban J connectivity index is 0.000000224. The van der Waals surface area contributed by atoms with Crippen molar-refractivity contribution in [3.05, 3.63) is 57.5 Å². The summed E-state index contributed by atoms with van der Waals surface area (Å²) >= 11 is 0. The van der Waals surface area contributed by atoms with Crippen molar-refractivity contribution in [1.29, 1.82) is 0 Å². The number of benzene rings is 1. The number of nitrogens with zero attached hydrogens (tertiary/aromatic N) is 2. The molecule has 0 atom stereocenters. The molecular formula is C12H10N2O8. The van der Waals surface area contributed by atoms with Gasteiger partial charge in [-0.15, -0.1) is 0 Å². The summed E-state index contributed by atoms with van der Waals surface area (Å²) < 4.78 is 0.493. The second-order valence-electron chi connectivity index (χ2n) is 3.84. The lowest BCUT2D eigenvalue weighted by Gasteiger charge is -2.01. The first-order chi connectivity index (χ1) is 10.2. The number of aromatic hydroxyl groups is 3. The zero-order chi connectivity index (χ0) is 16.9. The van der Waals surface area contributed by atoms with E-state index in [0.29, 0.717) is 4.73 Å². The highest BCUT2D eigenvalue weighted by molar-refractivity contribution is 5.89. The highest BCUT2D eigenvalue weighted by Crippen LogP contribution is 2.35. The number of rotatable bonds is 2. The van der Waals surface area contributed by atoms with Crippen LogP contribution in [-0.4, -0.2) is 31.3 Å². The Morgan fingerprint density at radius 1 is 1.09 bits per heavy atom. The Hall–Kier alpha value is -3.56. The summed E-state index contributed by atoms with van der Waals surface area (Å²) in [7, 11) is 0. The van der Waals surface area contributed by atoms with E-state index in [1.807, 2.05) is 0 Å². The second kappa shape index (κ2) is 6.74. The average Bonchev–Trinajstić information content (AvgIpc) is 2.45. The lowest BCUT2D eigenvalue weighted by molar-refractivity contribution is -0.606. The van der Waals surface area contributed by atoms with Crippen LogP contribution < -0.4 is 4.73 Å². The van der Waals surface area contributed by atoms with E-state index < -0.39 is 28.1 Å². The highest BCUT2D eigenvalue weighted by atomic mass is 16.6. The van der Waals surface area contributed by atoms with Crippen molar-refractivity contribution < 1.29 is 34.9 Å². The van der Waals surface area contributed by atoms with E-state index >= 15 is 0 Å². The number of nitro groups is 1. The van der Waals surface area contributed by atoms with Gasteiger partial charge >= 0.3 is 5.97 Å². The molecular weight excluding hydrogens is 300 g/mol. The molecule has 116 valence electrons. The van der Waals surface area contributed by atoms with Crippen LogP contribution in [0, 0.1) is 15.3 Å². The van der Waals surface area contributed by atoms with Gasteiger partial charge in [0.05, 0.1) is 22.6 Å². The third kappa shape index (κ3) is 4.23. The molecule has 0 fully saturated rings. The summed E-state index contributed by atoms with van der Waals surface area (Å²) in [6, 6.07) is 3.98. The topological polar surface area (TPSA) is 168 Å². The van der Waals surface area contributed by atoms with Crippen molar-refractivity contribution in [2.75, 3.05) is 0 Å². The van der Waals surface area contributed by atoms with Gasteiger partial charge in [-0.05, 0) is 12.1 Å². The molecule has 0 aliphatic heterocycles. The quantitative estimate of drug-likeness (QED) is 0.207. The number of carboxylic acid groups (broad SMARTS) is 1. The SMILES string of the molecule is O=C(O)c1cc(O)c(O)c(O)c1.O=[N+]([O-])c1cc[n+]([O-])cc1. The molecule has 0 saturated carbocycles. The zero-order valence-corrected chi connectivity index (χ0v) is 10.8. The van der Waals surface area contributed by atoms with Crippen molar-refractivity contribution in [2.45, 2.75) is 0 Å². The van der Waals surface area contributed by atoms with E-state index in [2.05, 4.69) is 0 Å². The standard InChI is InChI=1S/C7H6O5.C5H4N2O3/c8-4-1-3(7(11)12)2-5(9)6(4)10;8-6-3-1-5(2-4-6)7(9)10/h1-2,8-10H,(H,11,12);1-4H. The minimum atomic E-state index is -1.29. The Labute approximate surface area is 122 Å². The van der Waals surface area contributed by atoms with Crippen molar-refractivity contribution >= 4 is 11.7 Å². The smallest absolute Gasteiger partial charge is 0.335 e. The maximum atomic E-state index is 10.3. The average molecular weight is 310 g/mol. The first kappa shape index (κ1) is 16.5. The molecule has 4 N–H and O–H groups in total. The van der Waals surface area contributed by atoms with Crippen molar-refractivity contribution in [2.24, 2.45) is 0 Å². The maximum Gasteiger partial charge on any atom is 0.335 e. The minimum absolute atomic E-state index is 0.0768. The van der Waals surface area contributed by atoms with Crippen LogP contribution >= 0.6 is 0 Å². The number of pyridine rings is 1. The molecule has 0 spiro atoms. The van der Waals surface area contributed by atoms with Crippen LogP contribution in [-0.2, 0) is 0 Å². The van der Waals surface area contributed by atoms with Gasteiger partial charge in [0, 0.05) is 0 Å². The minimum Gasteiger partial charge on any atom is -0.619 e. The molecule has 0 unspecified atom stereocenters. The number of aromatic nitrogens is 1. The molecule has 0 saturated heterocycles. The zero-order valence-electron chi connectivity index (χ0n) is 10.8. The first-order valence-electron chi connectivity index (χ1n) is 5.53. The molecule has 22 heavy (non-hydrogen) atoms. The molecule has 2 rings (SSSR count). The van der Waals surface area contributed by atoms with E-state index in [9.17, 15) is 20.1 Å². The van der Waals surface area contributed by atoms with Gasteiger partial charge in [-0.2, -0.15) is 4.73 Å². The molecule has 0 aliphatic carbocycles. The molecule has 0 amide bonds. The molecule has 2 aromatic rings. The largest absolute Gasteiger partial charge is 0.619 e. The predicted octanol–water partition coefficient (Wildman–Crippen LogP) is 0.730. The lowest BCUT2D eigenvalue weighted by Crippen LogP contribution is -2.23. The second-order valence-corrected chi connectivity index (χ2v) is 3.84. The number of hydrogen-bond acceptors (Lipinski definition) is 7. The number of hydrogen-bond donors (Lipinski definition) is 4. The number of phenolic OH excluding ortho intramolecular Hbond substituents is 3. The van der Waals surface area contributed by atoms with Crippen LogP contribution in [0.2, 0.25) is 0 Å². The molecule has 0 radical (unpaired) electrons. The molecule has 1 aromatic heterocycles. The van der Waals surface area contributed by atoms with Crippen molar-refractivity contribution in [3.63, 3.8) is 0 Å². The van der Waals surface area contributed by atoms with E-state index in [4.69, 9.17) is 20.4 Å². The monoisotopic (exact) mass is 310 g/mol. The molecule has 0 bridgehead atoms. The van der Waals surface area contributed by atoms with E-state index in [-0.39, 0.29) is 11.3 Å². The van der Waals surface area contributed by atoms with Gasteiger partial charge < -0.3 is 25.6 Å². The fourth-order valence-electron chi connectivity index (χ4n) is 1.25. The fourth-order valence-corrected chi connectivity index (χ4v) is 1.25. The van der Waals surface area contributed by atoms with Gasteiger partial charge in [-0.3, -0.25) is 10.1 Å². The van der Waals surface area contributed by atoms with Gasteiger partial charge in [0.25, 0.3) is 5.69 Å². The normalized spacial score (nSPS) is 9.45. The first-order valence-corrected chi connectivity index (χ1v) is 5.53. The number of carbonyl (C=O) groups is 1. The van der Waals surface area contributed by atoms with Gasteiger partial charge in [0.2, 0.25) is 0 Å². The fraction of sp³-hybridized carbons (Fsp3) is 0. The van der Waals surface area contributed by atoms with E-state index in [1.54, 1.807) is 0 Å².